The standard InChI is InChI=1S/C13H15FO2/c1-13(2,3)12(15)11-10(16-11)8-4-6-9(14)7-5-8/h4-7,10-11H,1-3H3/t10-,11-/m1/s1. The maximum Gasteiger partial charge on any atom is 0.169 e. The van der Waals surface area contributed by atoms with Gasteiger partial charge in [-0.2, -0.15) is 0 Å². The van der Waals surface area contributed by atoms with Gasteiger partial charge in [-0.25, -0.2) is 4.39 Å². The molecule has 0 radical (unpaired) electrons. The highest BCUT2D eigenvalue weighted by molar-refractivity contribution is 5.90. The van der Waals surface area contributed by atoms with Gasteiger partial charge in [0.1, 0.15) is 18.0 Å². The minimum Gasteiger partial charge on any atom is -0.356 e. The lowest BCUT2D eigenvalue weighted by atomic mass is 9.87. The van der Waals surface area contributed by atoms with Crippen LogP contribution in [0.25, 0.3) is 0 Å². The van der Waals surface area contributed by atoms with Crippen LogP contribution in [0.1, 0.15) is 32.4 Å². The van der Waals surface area contributed by atoms with Gasteiger partial charge in [-0.15, -0.1) is 0 Å². The van der Waals surface area contributed by atoms with E-state index >= 15 is 0 Å². The zero-order chi connectivity index (χ0) is 11.9. The third kappa shape index (κ3) is 2.14. The highest BCUT2D eigenvalue weighted by atomic mass is 19.1. The first-order valence-electron chi connectivity index (χ1n) is 5.35. The SMILES string of the molecule is CC(C)(C)C(=O)[C@@H]1O[C@@H]1c1ccc(F)cc1. The van der Waals surface area contributed by atoms with Crippen LogP contribution in [-0.2, 0) is 9.53 Å². The lowest BCUT2D eigenvalue weighted by Crippen LogP contribution is -2.25. The molecule has 0 saturated carbocycles. The Morgan fingerprint density at radius 1 is 1.25 bits per heavy atom. The van der Waals surface area contributed by atoms with Crippen molar-refractivity contribution in [1.82, 2.24) is 0 Å². The maximum absolute atomic E-state index is 12.7. The Bertz CT molecular complexity index is 403. The van der Waals surface area contributed by atoms with Crippen molar-refractivity contribution in [3.63, 3.8) is 0 Å². The summed E-state index contributed by atoms with van der Waals surface area (Å²) in [5.41, 5.74) is 0.475. The fraction of sp³-hybridized carbons (Fsp3) is 0.462. The zero-order valence-electron chi connectivity index (χ0n) is 9.66. The second-order valence-electron chi connectivity index (χ2n) is 5.14. The molecule has 2 atom stereocenters. The van der Waals surface area contributed by atoms with Crippen LogP contribution in [0.3, 0.4) is 0 Å². The van der Waals surface area contributed by atoms with E-state index in [2.05, 4.69) is 0 Å². The van der Waals surface area contributed by atoms with Crippen LogP contribution in [-0.4, -0.2) is 11.9 Å². The van der Waals surface area contributed by atoms with Crippen molar-refractivity contribution < 1.29 is 13.9 Å². The van der Waals surface area contributed by atoms with Crippen molar-refractivity contribution in [2.45, 2.75) is 33.0 Å². The summed E-state index contributed by atoms with van der Waals surface area (Å²) < 4.78 is 18.1. The third-order valence-corrected chi connectivity index (χ3v) is 2.69. The van der Waals surface area contributed by atoms with Gasteiger partial charge in [0.05, 0.1) is 0 Å². The van der Waals surface area contributed by atoms with Crippen LogP contribution < -0.4 is 0 Å². The summed E-state index contributed by atoms with van der Waals surface area (Å²) >= 11 is 0. The molecule has 2 nitrogen and oxygen atoms in total. The van der Waals surface area contributed by atoms with Crippen LogP contribution in [0.2, 0.25) is 0 Å². The number of rotatable bonds is 2. The molecule has 0 N–H and O–H groups in total. The van der Waals surface area contributed by atoms with E-state index in [4.69, 9.17) is 4.74 Å². The summed E-state index contributed by atoms with van der Waals surface area (Å²) in [7, 11) is 0. The van der Waals surface area contributed by atoms with Crippen molar-refractivity contribution in [1.29, 1.82) is 0 Å². The first kappa shape index (κ1) is 11.3. The normalized spacial score (nSPS) is 24.2. The highest BCUT2D eigenvalue weighted by Gasteiger charge is 2.49. The Labute approximate surface area is 94.4 Å². The van der Waals surface area contributed by atoms with Gasteiger partial charge in [-0.05, 0) is 17.7 Å². The van der Waals surface area contributed by atoms with Crippen molar-refractivity contribution in [2.24, 2.45) is 5.41 Å². The largest absolute Gasteiger partial charge is 0.356 e. The van der Waals surface area contributed by atoms with Crippen molar-refractivity contribution >= 4 is 5.78 Å². The minimum absolute atomic E-state index is 0.0989. The molecule has 16 heavy (non-hydrogen) atoms. The van der Waals surface area contributed by atoms with Crippen molar-refractivity contribution in [2.75, 3.05) is 0 Å². The summed E-state index contributed by atoms with van der Waals surface area (Å²) in [6, 6.07) is 6.09. The Morgan fingerprint density at radius 3 is 2.31 bits per heavy atom. The molecule has 2 rings (SSSR count). The Balaban J connectivity index is 2.07. The number of carbonyl (C=O) groups excluding carboxylic acids is 1. The molecule has 0 aliphatic carbocycles. The Kier molecular flexibility index (Phi) is 2.58. The molecular weight excluding hydrogens is 207 g/mol. The number of epoxide rings is 1. The summed E-state index contributed by atoms with van der Waals surface area (Å²) in [6.45, 7) is 5.62. The van der Waals surface area contributed by atoms with E-state index in [0.29, 0.717) is 0 Å². The fourth-order valence-corrected chi connectivity index (χ4v) is 1.64. The molecule has 86 valence electrons. The molecule has 0 bridgehead atoms. The van der Waals surface area contributed by atoms with E-state index in [9.17, 15) is 9.18 Å². The summed E-state index contributed by atoms with van der Waals surface area (Å²) in [6.07, 6.45) is -0.544. The van der Waals surface area contributed by atoms with Crippen molar-refractivity contribution in [3.8, 4) is 0 Å². The molecule has 0 unspecified atom stereocenters. The number of carbonyl (C=O) groups is 1. The van der Waals surface area contributed by atoms with Crippen LogP contribution in [0, 0.1) is 11.2 Å². The average molecular weight is 222 g/mol. The molecule has 1 heterocycles. The summed E-state index contributed by atoms with van der Waals surface area (Å²) in [5, 5.41) is 0. The molecule has 0 spiro atoms. The molecule has 1 aliphatic rings. The second-order valence-corrected chi connectivity index (χ2v) is 5.14. The second kappa shape index (κ2) is 3.67. The quantitative estimate of drug-likeness (QED) is 0.720. The van der Waals surface area contributed by atoms with E-state index in [-0.39, 0.29) is 29.2 Å². The average Bonchev–Trinajstić information content (AvgIpc) is 2.96. The van der Waals surface area contributed by atoms with Crippen LogP contribution in [0.5, 0.6) is 0 Å². The maximum atomic E-state index is 12.7. The molecule has 1 aliphatic heterocycles. The number of hydrogen-bond acceptors (Lipinski definition) is 2. The minimum atomic E-state index is -0.389. The van der Waals surface area contributed by atoms with E-state index in [1.54, 1.807) is 12.1 Å². The number of ketones is 1. The van der Waals surface area contributed by atoms with E-state index in [1.165, 1.54) is 12.1 Å². The Morgan fingerprint density at radius 2 is 1.81 bits per heavy atom. The monoisotopic (exact) mass is 222 g/mol. The molecular formula is C13H15FO2. The van der Waals surface area contributed by atoms with Crippen LogP contribution in [0.4, 0.5) is 4.39 Å². The number of benzene rings is 1. The fourth-order valence-electron chi connectivity index (χ4n) is 1.64. The van der Waals surface area contributed by atoms with E-state index in [1.807, 2.05) is 20.8 Å². The molecule has 1 aromatic rings. The van der Waals surface area contributed by atoms with Crippen LogP contribution >= 0.6 is 0 Å². The number of Topliss-reactive ketones (excluding diaryl/α,β-unsaturated/α-hetero) is 1. The molecule has 0 amide bonds. The number of halogens is 1. The molecule has 0 aromatic heterocycles. The molecule has 1 fully saturated rings. The van der Waals surface area contributed by atoms with Gasteiger partial charge < -0.3 is 4.74 Å². The van der Waals surface area contributed by atoms with Gasteiger partial charge in [0.15, 0.2) is 5.78 Å². The summed E-state index contributed by atoms with van der Waals surface area (Å²) in [4.78, 5) is 11.9. The highest BCUT2D eigenvalue weighted by Crippen LogP contribution is 2.42. The Hall–Kier alpha value is -1.22. The number of ether oxygens (including phenoxy) is 1. The number of hydrogen-bond donors (Lipinski definition) is 0. The predicted octanol–water partition coefficient (Wildman–Crippen LogP) is 2.88. The topological polar surface area (TPSA) is 29.6 Å². The molecule has 1 aromatic carbocycles. The smallest absolute Gasteiger partial charge is 0.169 e. The van der Waals surface area contributed by atoms with Gasteiger partial charge in [0.25, 0.3) is 0 Å². The van der Waals surface area contributed by atoms with Gasteiger partial charge in [-0.3, -0.25) is 4.79 Å². The van der Waals surface area contributed by atoms with Gasteiger partial charge in [-0.1, -0.05) is 32.9 Å². The van der Waals surface area contributed by atoms with E-state index in [0.717, 1.165) is 5.56 Å². The predicted molar refractivity (Wildman–Crippen MR) is 58.5 cm³/mol. The molecule has 1 saturated heterocycles. The van der Waals surface area contributed by atoms with Crippen LogP contribution in [0.15, 0.2) is 24.3 Å². The van der Waals surface area contributed by atoms with E-state index < -0.39 is 0 Å². The third-order valence-electron chi connectivity index (χ3n) is 2.69. The first-order valence-corrected chi connectivity index (χ1v) is 5.35. The molecule has 3 heteroatoms. The van der Waals surface area contributed by atoms with Crippen molar-refractivity contribution in [3.05, 3.63) is 35.6 Å². The van der Waals surface area contributed by atoms with Gasteiger partial charge in [0, 0.05) is 5.41 Å². The van der Waals surface area contributed by atoms with Gasteiger partial charge >= 0.3 is 0 Å². The lowest BCUT2D eigenvalue weighted by Gasteiger charge is -2.14. The summed E-state index contributed by atoms with van der Waals surface area (Å²) in [5.74, 6) is -0.176. The lowest BCUT2D eigenvalue weighted by molar-refractivity contribution is -0.127. The van der Waals surface area contributed by atoms with Gasteiger partial charge in [0.2, 0.25) is 0 Å². The zero-order valence-corrected chi connectivity index (χ0v) is 9.66. The first-order chi connectivity index (χ1) is 7.39.